The summed E-state index contributed by atoms with van der Waals surface area (Å²) in [6, 6.07) is 7.09. The number of nitro benzene ring substituents is 1. The van der Waals surface area contributed by atoms with E-state index in [1.165, 1.54) is 24.3 Å². The maximum Gasteiger partial charge on any atom is 0.269 e. The number of aryl methyl sites for hydroxylation is 1. The van der Waals surface area contributed by atoms with E-state index in [-0.39, 0.29) is 27.9 Å². The van der Waals surface area contributed by atoms with E-state index in [0.717, 1.165) is 11.8 Å². The van der Waals surface area contributed by atoms with Crippen LogP contribution in [0.5, 0.6) is 0 Å². The summed E-state index contributed by atoms with van der Waals surface area (Å²) in [5.41, 5.74) is 0.0643. The van der Waals surface area contributed by atoms with Gasteiger partial charge in [0.25, 0.3) is 11.2 Å². The Bertz CT molecular complexity index is 884. The molecule has 0 saturated carbocycles. The van der Waals surface area contributed by atoms with Gasteiger partial charge in [-0.3, -0.25) is 19.7 Å². The van der Waals surface area contributed by atoms with Crippen molar-refractivity contribution in [3.8, 4) is 6.07 Å². The third-order valence-corrected chi connectivity index (χ3v) is 4.03. The van der Waals surface area contributed by atoms with Gasteiger partial charge in [0.05, 0.1) is 16.4 Å². The van der Waals surface area contributed by atoms with Gasteiger partial charge in [-0.2, -0.15) is 5.26 Å². The van der Waals surface area contributed by atoms with E-state index in [4.69, 9.17) is 5.26 Å². The van der Waals surface area contributed by atoms with Crippen molar-refractivity contribution in [2.24, 2.45) is 0 Å². The standard InChI is InChI=1S/C15H12N4O4S/c1-2-12-11(7-16)14(21)18-15(17-12)24-8-13(20)9-3-5-10(6-4-9)19(22)23/h3-6H,2,8H2,1H3,(H,17,18,21). The molecule has 2 aromatic rings. The molecule has 0 aliphatic rings. The number of carbonyl (C=O) groups excluding carboxylic acids is 1. The normalized spacial score (nSPS) is 10.2. The summed E-state index contributed by atoms with van der Waals surface area (Å²) >= 11 is 1.04. The summed E-state index contributed by atoms with van der Waals surface area (Å²) in [6.45, 7) is 1.78. The minimum absolute atomic E-state index is 0.00973. The van der Waals surface area contributed by atoms with Gasteiger partial charge in [-0.25, -0.2) is 4.98 Å². The van der Waals surface area contributed by atoms with Crippen LogP contribution in [0.1, 0.15) is 28.5 Å². The zero-order valence-corrected chi connectivity index (χ0v) is 13.4. The molecule has 8 nitrogen and oxygen atoms in total. The maximum absolute atomic E-state index is 12.1. The number of rotatable bonds is 6. The average molecular weight is 344 g/mol. The molecule has 0 bridgehead atoms. The van der Waals surface area contributed by atoms with Crippen LogP contribution in [-0.4, -0.2) is 26.4 Å². The number of nitro groups is 1. The van der Waals surface area contributed by atoms with E-state index in [9.17, 15) is 19.7 Å². The monoisotopic (exact) mass is 344 g/mol. The highest BCUT2D eigenvalue weighted by Gasteiger charge is 2.13. The molecule has 0 radical (unpaired) electrons. The third-order valence-electron chi connectivity index (χ3n) is 3.16. The average Bonchev–Trinajstić information content (AvgIpc) is 2.59. The number of nitrogens with one attached hydrogen (secondary N) is 1. The van der Waals surface area contributed by atoms with E-state index in [0.29, 0.717) is 17.7 Å². The van der Waals surface area contributed by atoms with Crippen LogP contribution in [0.2, 0.25) is 0 Å². The molecule has 0 saturated heterocycles. The van der Waals surface area contributed by atoms with Crippen molar-refractivity contribution in [1.82, 2.24) is 9.97 Å². The number of H-pyrrole nitrogens is 1. The number of thioether (sulfide) groups is 1. The number of nitrogens with zero attached hydrogens (tertiary/aromatic N) is 3. The van der Waals surface area contributed by atoms with Crippen LogP contribution < -0.4 is 5.56 Å². The number of ketones is 1. The fraction of sp³-hybridized carbons (Fsp3) is 0.200. The Hall–Kier alpha value is -2.99. The first-order valence-corrected chi connectivity index (χ1v) is 7.88. The van der Waals surface area contributed by atoms with Crippen molar-refractivity contribution in [3.05, 3.63) is 61.6 Å². The Kier molecular flexibility index (Phi) is 5.44. The Balaban J connectivity index is 2.12. The van der Waals surface area contributed by atoms with E-state index in [1.807, 2.05) is 6.07 Å². The van der Waals surface area contributed by atoms with Gasteiger partial charge in [-0.15, -0.1) is 0 Å². The van der Waals surface area contributed by atoms with Crippen molar-refractivity contribution >= 4 is 23.2 Å². The molecular formula is C15H12N4O4S. The second-order valence-electron chi connectivity index (χ2n) is 4.67. The van der Waals surface area contributed by atoms with Crippen LogP contribution in [-0.2, 0) is 6.42 Å². The molecule has 2 rings (SSSR count). The predicted molar refractivity (Wildman–Crippen MR) is 87.1 cm³/mol. The van der Waals surface area contributed by atoms with Gasteiger partial charge in [-0.1, -0.05) is 18.7 Å². The van der Waals surface area contributed by atoms with Crippen molar-refractivity contribution in [1.29, 1.82) is 5.26 Å². The third kappa shape index (κ3) is 3.85. The SMILES string of the molecule is CCc1nc(SCC(=O)c2ccc([N+](=O)[O-])cc2)[nH]c(=O)c1C#N. The first-order valence-electron chi connectivity index (χ1n) is 6.90. The van der Waals surface area contributed by atoms with Crippen LogP contribution in [0, 0.1) is 21.4 Å². The van der Waals surface area contributed by atoms with Crippen LogP contribution in [0.15, 0.2) is 34.2 Å². The Morgan fingerprint density at radius 3 is 2.62 bits per heavy atom. The summed E-state index contributed by atoms with van der Waals surface area (Å²) in [5.74, 6) is -0.240. The quantitative estimate of drug-likeness (QED) is 0.279. The number of benzene rings is 1. The van der Waals surface area contributed by atoms with Gasteiger partial charge in [0.1, 0.15) is 11.6 Å². The fourth-order valence-electron chi connectivity index (χ4n) is 1.92. The number of aromatic nitrogens is 2. The summed E-state index contributed by atoms with van der Waals surface area (Å²) in [4.78, 5) is 40.6. The first-order chi connectivity index (χ1) is 11.5. The van der Waals surface area contributed by atoms with Gasteiger partial charge in [-0.05, 0) is 18.6 Å². The molecule has 9 heteroatoms. The summed E-state index contributed by atoms with van der Waals surface area (Å²) in [6.07, 6.45) is 0.427. The smallest absolute Gasteiger partial charge is 0.269 e. The van der Waals surface area contributed by atoms with Crippen molar-refractivity contribution in [2.45, 2.75) is 18.5 Å². The lowest BCUT2D eigenvalue weighted by Crippen LogP contribution is -2.16. The van der Waals surface area contributed by atoms with Crippen molar-refractivity contribution in [3.63, 3.8) is 0 Å². The number of hydrogen-bond donors (Lipinski definition) is 1. The van der Waals surface area contributed by atoms with Gasteiger partial charge in [0.2, 0.25) is 0 Å². The van der Waals surface area contributed by atoms with Gasteiger partial charge in [0, 0.05) is 17.7 Å². The molecule has 1 aromatic heterocycles. The molecule has 0 fully saturated rings. The predicted octanol–water partition coefficient (Wildman–Crippen LogP) is 2.09. The number of hydrogen-bond acceptors (Lipinski definition) is 7. The Morgan fingerprint density at radius 2 is 2.08 bits per heavy atom. The largest absolute Gasteiger partial charge is 0.300 e. The highest BCUT2D eigenvalue weighted by atomic mass is 32.2. The zero-order chi connectivity index (χ0) is 17.7. The molecule has 1 heterocycles. The van der Waals surface area contributed by atoms with Crippen molar-refractivity contribution < 1.29 is 9.72 Å². The lowest BCUT2D eigenvalue weighted by Gasteiger charge is -2.04. The zero-order valence-electron chi connectivity index (χ0n) is 12.6. The number of carbonyl (C=O) groups is 1. The van der Waals surface area contributed by atoms with E-state index in [2.05, 4.69) is 9.97 Å². The summed E-state index contributed by atoms with van der Waals surface area (Å²) < 4.78 is 0. The molecule has 0 amide bonds. The van der Waals surface area contributed by atoms with Crippen LogP contribution in [0.25, 0.3) is 0 Å². The second kappa shape index (κ2) is 7.52. The van der Waals surface area contributed by atoms with Crippen LogP contribution in [0.3, 0.4) is 0 Å². The highest BCUT2D eigenvalue weighted by Crippen LogP contribution is 2.17. The minimum atomic E-state index is -0.541. The molecule has 122 valence electrons. The molecule has 1 aromatic carbocycles. The van der Waals surface area contributed by atoms with E-state index >= 15 is 0 Å². The van der Waals surface area contributed by atoms with E-state index in [1.54, 1.807) is 6.92 Å². The van der Waals surface area contributed by atoms with Crippen LogP contribution >= 0.6 is 11.8 Å². The van der Waals surface area contributed by atoms with Crippen LogP contribution in [0.4, 0.5) is 5.69 Å². The highest BCUT2D eigenvalue weighted by molar-refractivity contribution is 7.99. The number of non-ortho nitro benzene ring substituents is 1. The summed E-state index contributed by atoms with van der Waals surface area (Å²) in [5, 5.41) is 19.8. The minimum Gasteiger partial charge on any atom is -0.300 e. The summed E-state index contributed by atoms with van der Waals surface area (Å²) in [7, 11) is 0. The molecule has 1 N–H and O–H groups in total. The first kappa shape index (κ1) is 17.4. The molecular weight excluding hydrogens is 332 g/mol. The van der Waals surface area contributed by atoms with Gasteiger partial charge in [0.15, 0.2) is 10.9 Å². The second-order valence-corrected chi connectivity index (χ2v) is 5.64. The number of aromatic amines is 1. The Morgan fingerprint density at radius 1 is 1.42 bits per heavy atom. The lowest BCUT2D eigenvalue weighted by atomic mass is 10.1. The topological polar surface area (TPSA) is 130 Å². The van der Waals surface area contributed by atoms with Gasteiger partial charge < -0.3 is 4.98 Å². The number of Topliss-reactive ketones (excluding diaryl/α,β-unsaturated/α-hetero) is 1. The Labute approximate surface area is 140 Å². The van der Waals surface area contributed by atoms with Gasteiger partial charge >= 0.3 is 0 Å². The van der Waals surface area contributed by atoms with Crippen molar-refractivity contribution in [2.75, 3.05) is 5.75 Å². The molecule has 0 aliphatic heterocycles. The fourth-order valence-corrected chi connectivity index (χ4v) is 2.70. The lowest BCUT2D eigenvalue weighted by molar-refractivity contribution is -0.384. The maximum atomic E-state index is 12.1. The number of nitriles is 1. The molecule has 0 spiro atoms. The molecule has 0 atom stereocenters. The molecule has 0 unspecified atom stereocenters. The molecule has 0 aliphatic carbocycles. The van der Waals surface area contributed by atoms with E-state index < -0.39 is 10.5 Å². The molecule has 24 heavy (non-hydrogen) atoms.